The first kappa shape index (κ1) is 14.2. The number of rotatable bonds is 2. The normalized spacial score (nSPS) is 24.5. The predicted octanol–water partition coefficient (Wildman–Crippen LogP) is 1.36. The number of fused-ring (bicyclic) bond motifs is 1. The summed E-state index contributed by atoms with van der Waals surface area (Å²) in [7, 11) is -2.05. The quantitative estimate of drug-likeness (QED) is 0.909. The molecule has 5 nitrogen and oxygen atoms in total. The van der Waals surface area contributed by atoms with Crippen molar-refractivity contribution in [1.29, 1.82) is 0 Å². The van der Waals surface area contributed by atoms with Crippen LogP contribution in [0.25, 0.3) is 0 Å². The van der Waals surface area contributed by atoms with E-state index in [-0.39, 0.29) is 4.90 Å². The lowest BCUT2D eigenvalue weighted by atomic mass is 9.96. The minimum absolute atomic E-state index is 0.186. The fourth-order valence-corrected chi connectivity index (χ4v) is 4.29. The summed E-state index contributed by atoms with van der Waals surface area (Å²) in [5.74, 6) is 0. The minimum Gasteiger partial charge on any atom is -0.387 e. The zero-order valence-corrected chi connectivity index (χ0v) is 12.4. The van der Waals surface area contributed by atoms with E-state index in [9.17, 15) is 13.5 Å². The second-order valence-electron chi connectivity index (χ2n) is 5.13. The zero-order chi connectivity index (χ0) is 15.0. The maximum atomic E-state index is 12.6. The van der Waals surface area contributed by atoms with Crippen LogP contribution in [0.3, 0.4) is 0 Å². The third kappa shape index (κ3) is 2.35. The van der Waals surface area contributed by atoms with Gasteiger partial charge in [0.15, 0.2) is 0 Å². The van der Waals surface area contributed by atoms with Crippen LogP contribution in [0.5, 0.6) is 0 Å². The highest BCUT2D eigenvalue weighted by Crippen LogP contribution is 2.36. The molecule has 1 aliphatic heterocycles. The highest BCUT2D eigenvalue weighted by molar-refractivity contribution is 7.89. The summed E-state index contributed by atoms with van der Waals surface area (Å²) in [6, 6.07) is 9.75. The van der Waals surface area contributed by atoms with Gasteiger partial charge in [-0.3, -0.25) is 4.98 Å². The molecular formula is C15H16N2O3S. The fourth-order valence-electron chi connectivity index (χ4n) is 2.70. The minimum atomic E-state index is -3.57. The number of pyridine rings is 1. The smallest absolute Gasteiger partial charge is 0.243 e. The van der Waals surface area contributed by atoms with Crippen molar-refractivity contribution in [2.24, 2.45) is 0 Å². The maximum Gasteiger partial charge on any atom is 0.243 e. The van der Waals surface area contributed by atoms with Gasteiger partial charge in [0.25, 0.3) is 0 Å². The van der Waals surface area contributed by atoms with Gasteiger partial charge in [-0.2, -0.15) is 4.31 Å². The Morgan fingerprint density at radius 3 is 2.57 bits per heavy atom. The summed E-state index contributed by atoms with van der Waals surface area (Å²) >= 11 is 0. The van der Waals surface area contributed by atoms with Crippen molar-refractivity contribution < 1.29 is 13.5 Å². The van der Waals surface area contributed by atoms with Gasteiger partial charge >= 0.3 is 0 Å². The largest absolute Gasteiger partial charge is 0.387 e. The van der Waals surface area contributed by atoms with Crippen LogP contribution in [-0.4, -0.2) is 35.9 Å². The Morgan fingerprint density at radius 2 is 1.86 bits per heavy atom. The molecule has 0 amide bonds. The van der Waals surface area contributed by atoms with Crippen LogP contribution >= 0.6 is 0 Å². The Labute approximate surface area is 123 Å². The fraction of sp³-hybridized carbons (Fsp3) is 0.267. The lowest BCUT2D eigenvalue weighted by Gasteiger charge is -2.37. The van der Waals surface area contributed by atoms with E-state index in [1.807, 2.05) is 12.1 Å². The van der Waals surface area contributed by atoms with Crippen molar-refractivity contribution in [3.63, 3.8) is 0 Å². The predicted molar refractivity (Wildman–Crippen MR) is 78.1 cm³/mol. The van der Waals surface area contributed by atoms with Crippen LogP contribution in [0.4, 0.5) is 0 Å². The summed E-state index contributed by atoms with van der Waals surface area (Å²) in [6.45, 7) is 0. The summed E-state index contributed by atoms with van der Waals surface area (Å²) in [6.07, 6.45) is 2.91. The van der Waals surface area contributed by atoms with Crippen LogP contribution < -0.4 is 0 Å². The van der Waals surface area contributed by atoms with Gasteiger partial charge in [-0.15, -0.1) is 0 Å². The summed E-state index contributed by atoms with van der Waals surface area (Å²) in [4.78, 5) is 4.13. The molecule has 0 spiro atoms. The average molecular weight is 304 g/mol. The topological polar surface area (TPSA) is 70.5 Å². The molecule has 0 aliphatic carbocycles. The number of aliphatic hydroxyl groups is 1. The van der Waals surface area contributed by atoms with Crippen molar-refractivity contribution >= 4 is 10.0 Å². The number of benzene rings is 1. The molecule has 0 fully saturated rings. The molecule has 1 N–H and O–H groups in total. The van der Waals surface area contributed by atoms with Crippen molar-refractivity contribution in [2.75, 3.05) is 7.05 Å². The highest BCUT2D eigenvalue weighted by Gasteiger charge is 2.41. The standard InChI is InChI=1S/C15H16N2O3S/c1-17-13(10-11-6-8-16-9-7-11)15(18)12-4-2-3-5-14(12)21(17,19)20/h2-9,13,15,18H,10H2,1H3/t13-,15+/m1/s1. The molecule has 2 aromatic rings. The van der Waals surface area contributed by atoms with E-state index in [0.717, 1.165) is 5.56 Å². The summed E-state index contributed by atoms with van der Waals surface area (Å²) < 4.78 is 26.4. The molecule has 0 radical (unpaired) electrons. The average Bonchev–Trinajstić information content (AvgIpc) is 2.51. The molecule has 1 aliphatic rings. The third-order valence-electron chi connectivity index (χ3n) is 3.92. The van der Waals surface area contributed by atoms with E-state index >= 15 is 0 Å². The molecule has 0 saturated heterocycles. The van der Waals surface area contributed by atoms with E-state index in [2.05, 4.69) is 4.98 Å². The molecule has 1 aromatic carbocycles. The van der Waals surface area contributed by atoms with Gasteiger partial charge < -0.3 is 5.11 Å². The lowest BCUT2D eigenvalue weighted by molar-refractivity contribution is 0.0892. The Balaban J connectivity index is 2.04. The lowest BCUT2D eigenvalue weighted by Crippen LogP contribution is -2.46. The number of aromatic nitrogens is 1. The van der Waals surface area contributed by atoms with Crippen molar-refractivity contribution in [3.05, 3.63) is 59.9 Å². The summed E-state index contributed by atoms with van der Waals surface area (Å²) in [5, 5.41) is 10.6. The van der Waals surface area contributed by atoms with Crippen LogP contribution in [0.1, 0.15) is 17.2 Å². The highest BCUT2D eigenvalue weighted by atomic mass is 32.2. The molecule has 2 heterocycles. The number of hydrogen-bond donors (Lipinski definition) is 1. The van der Waals surface area contributed by atoms with Gasteiger partial charge in [0.1, 0.15) is 0 Å². The third-order valence-corrected chi connectivity index (χ3v) is 5.88. The first-order valence-corrected chi connectivity index (χ1v) is 8.10. The Kier molecular flexibility index (Phi) is 3.52. The van der Waals surface area contributed by atoms with Gasteiger partial charge in [0.2, 0.25) is 10.0 Å². The molecule has 3 rings (SSSR count). The molecule has 0 saturated carbocycles. The molecule has 0 bridgehead atoms. The Bertz CT molecular complexity index is 747. The van der Waals surface area contributed by atoms with Gasteiger partial charge in [-0.05, 0) is 30.2 Å². The molecule has 110 valence electrons. The van der Waals surface area contributed by atoms with Crippen LogP contribution in [0.2, 0.25) is 0 Å². The maximum absolute atomic E-state index is 12.6. The van der Waals surface area contributed by atoms with Crippen LogP contribution in [-0.2, 0) is 16.4 Å². The number of likely N-dealkylation sites (N-methyl/N-ethyl adjacent to an activating group) is 1. The van der Waals surface area contributed by atoms with E-state index in [1.165, 1.54) is 17.4 Å². The second kappa shape index (κ2) is 5.22. The monoisotopic (exact) mass is 304 g/mol. The molecule has 6 heteroatoms. The van der Waals surface area contributed by atoms with E-state index < -0.39 is 22.2 Å². The van der Waals surface area contributed by atoms with Gasteiger partial charge in [0.05, 0.1) is 17.0 Å². The first-order valence-electron chi connectivity index (χ1n) is 6.66. The van der Waals surface area contributed by atoms with Gasteiger partial charge in [-0.25, -0.2) is 8.42 Å². The first-order chi connectivity index (χ1) is 10.0. The van der Waals surface area contributed by atoms with Gasteiger partial charge in [-0.1, -0.05) is 18.2 Å². The zero-order valence-electron chi connectivity index (χ0n) is 11.5. The van der Waals surface area contributed by atoms with Crippen LogP contribution in [0.15, 0.2) is 53.7 Å². The number of sulfonamides is 1. The number of hydrogen-bond acceptors (Lipinski definition) is 4. The Hall–Kier alpha value is -1.76. The Morgan fingerprint density at radius 1 is 1.19 bits per heavy atom. The number of nitrogens with zero attached hydrogens (tertiary/aromatic N) is 2. The second-order valence-corrected chi connectivity index (χ2v) is 7.10. The SMILES string of the molecule is CN1[C@H](Cc2ccncc2)[C@@H](O)c2ccccc2S1(=O)=O. The van der Waals surface area contributed by atoms with Crippen molar-refractivity contribution in [3.8, 4) is 0 Å². The van der Waals surface area contributed by atoms with Crippen molar-refractivity contribution in [2.45, 2.75) is 23.5 Å². The van der Waals surface area contributed by atoms with Crippen LogP contribution in [0, 0.1) is 0 Å². The van der Waals surface area contributed by atoms with Gasteiger partial charge in [0, 0.05) is 25.0 Å². The van der Waals surface area contributed by atoms with Crippen molar-refractivity contribution in [1.82, 2.24) is 9.29 Å². The molecule has 21 heavy (non-hydrogen) atoms. The number of aliphatic hydroxyl groups excluding tert-OH is 1. The molecular weight excluding hydrogens is 288 g/mol. The summed E-state index contributed by atoms with van der Waals surface area (Å²) in [5.41, 5.74) is 1.41. The van der Waals surface area contributed by atoms with E-state index in [4.69, 9.17) is 0 Å². The van der Waals surface area contributed by atoms with E-state index in [1.54, 1.807) is 30.6 Å². The van der Waals surface area contributed by atoms with E-state index in [0.29, 0.717) is 12.0 Å². The molecule has 2 atom stereocenters. The molecule has 1 aromatic heterocycles. The molecule has 0 unspecified atom stereocenters.